The van der Waals surface area contributed by atoms with E-state index in [4.69, 9.17) is 0 Å². The molecule has 3 atom stereocenters. The zero-order valence-corrected chi connectivity index (χ0v) is 8.80. The molecule has 0 saturated carbocycles. The van der Waals surface area contributed by atoms with Crippen LogP contribution in [-0.4, -0.2) is 36.2 Å². The van der Waals surface area contributed by atoms with Crippen LogP contribution < -0.4 is 0 Å². The molecule has 2 heterocycles. The van der Waals surface area contributed by atoms with Crippen molar-refractivity contribution in [1.29, 1.82) is 0 Å². The van der Waals surface area contributed by atoms with Gasteiger partial charge in [-0.05, 0) is 25.2 Å². The van der Waals surface area contributed by atoms with Crippen LogP contribution in [0.25, 0.3) is 0 Å². The largest absolute Gasteiger partial charge is 0.333 e. The van der Waals surface area contributed by atoms with Gasteiger partial charge < -0.3 is 4.90 Å². The lowest BCUT2D eigenvalue weighted by Crippen LogP contribution is -2.55. The number of rotatable bonds is 0. The molecule has 0 N–H and O–H groups in total. The van der Waals surface area contributed by atoms with Gasteiger partial charge in [0, 0.05) is 18.7 Å². The van der Waals surface area contributed by atoms with Crippen LogP contribution in [0, 0.1) is 11.8 Å². The predicted octanol–water partition coefficient (Wildman–Crippen LogP) is 1.25. The fourth-order valence-corrected chi connectivity index (χ4v) is 3.10. The smallest absolute Gasteiger partial charge is 0.244 e. The van der Waals surface area contributed by atoms with Gasteiger partial charge in [-0.2, -0.15) is 0 Å². The summed E-state index contributed by atoms with van der Waals surface area (Å²) in [4.78, 5) is 17.9. The molecule has 15 heavy (non-hydrogen) atoms. The van der Waals surface area contributed by atoms with Crippen LogP contribution in [0.15, 0.2) is 17.1 Å². The summed E-state index contributed by atoms with van der Waals surface area (Å²) in [6, 6.07) is 0.251. The molecule has 3 rings (SSSR count). The average molecular weight is 204 g/mol. The highest BCUT2D eigenvalue weighted by molar-refractivity contribution is 5.87. The minimum absolute atomic E-state index is 0.208. The third-order valence-electron chi connectivity index (χ3n) is 3.91. The zero-order chi connectivity index (χ0) is 10.3. The van der Waals surface area contributed by atoms with Crippen molar-refractivity contribution in [2.24, 2.45) is 16.8 Å². The van der Waals surface area contributed by atoms with Gasteiger partial charge in [-0.1, -0.05) is 12.2 Å². The van der Waals surface area contributed by atoms with Crippen LogP contribution in [0.3, 0.4) is 0 Å². The second kappa shape index (κ2) is 3.47. The van der Waals surface area contributed by atoms with Gasteiger partial charge in [-0.3, -0.25) is 9.79 Å². The average Bonchev–Trinajstić information content (AvgIpc) is 2.29. The van der Waals surface area contributed by atoms with Gasteiger partial charge in [0.2, 0.25) is 5.91 Å². The Morgan fingerprint density at radius 3 is 3.27 bits per heavy atom. The van der Waals surface area contributed by atoms with Crippen molar-refractivity contribution >= 4 is 12.1 Å². The van der Waals surface area contributed by atoms with E-state index in [0.717, 1.165) is 12.5 Å². The maximum absolute atomic E-state index is 11.7. The Labute approximate surface area is 89.9 Å². The van der Waals surface area contributed by atoms with Crippen LogP contribution >= 0.6 is 0 Å². The SMILES string of the molecule is O=C1CN=CC2C3C=CCCC3CCN12. The number of hydrogen-bond donors (Lipinski definition) is 0. The minimum Gasteiger partial charge on any atom is -0.333 e. The molecule has 1 saturated heterocycles. The first-order valence-corrected chi connectivity index (χ1v) is 5.82. The van der Waals surface area contributed by atoms with Gasteiger partial charge in [0.1, 0.15) is 6.54 Å². The molecule has 0 spiro atoms. The molecule has 1 aliphatic carbocycles. The molecule has 0 aromatic rings. The van der Waals surface area contributed by atoms with Gasteiger partial charge in [0.25, 0.3) is 0 Å². The lowest BCUT2D eigenvalue weighted by atomic mass is 9.74. The van der Waals surface area contributed by atoms with E-state index in [0.29, 0.717) is 12.5 Å². The molecular formula is C12H16N2O. The van der Waals surface area contributed by atoms with E-state index in [1.165, 1.54) is 19.3 Å². The second-order valence-corrected chi connectivity index (χ2v) is 4.70. The Balaban J connectivity index is 1.91. The summed E-state index contributed by atoms with van der Waals surface area (Å²) in [5.74, 6) is 1.51. The third-order valence-corrected chi connectivity index (χ3v) is 3.91. The molecule has 0 aromatic carbocycles. The van der Waals surface area contributed by atoms with Crippen molar-refractivity contribution < 1.29 is 4.79 Å². The fourth-order valence-electron chi connectivity index (χ4n) is 3.10. The lowest BCUT2D eigenvalue weighted by Gasteiger charge is -2.45. The molecule has 3 heteroatoms. The van der Waals surface area contributed by atoms with Gasteiger partial charge in [-0.25, -0.2) is 0 Å². The number of nitrogens with zero attached hydrogens (tertiary/aromatic N) is 2. The van der Waals surface area contributed by atoms with E-state index in [-0.39, 0.29) is 11.9 Å². The predicted molar refractivity (Wildman–Crippen MR) is 58.8 cm³/mol. The summed E-state index contributed by atoms with van der Waals surface area (Å²) in [6.07, 6.45) is 10.2. The van der Waals surface area contributed by atoms with Crippen LogP contribution in [0.4, 0.5) is 0 Å². The Kier molecular flexibility index (Phi) is 2.11. The van der Waals surface area contributed by atoms with Crippen LogP contribution in [0.1, 0.15) is 19.3 Å². The maximum Gasteiger partial charge on any atom is 0.244 e. The Morgan fingerprint density at radius 2 is 2.33 bits per heavy atom. The molecular weight excluding hydrogens is 188 g/mol. The number of carbonyl (C=O) groups excluding carboxylic acids is 1. The number of piperidine rings is 1. The van der Waals surface area contributed by atoms with Crippen LogP contribution in [0.2, 0.25) is 0 Å². The quantitative estimate of drug-likeness (QED) is 0.547. The summed E-state index contributed by atoms with van der Waals surface area (Å²) in [5, 5.41) is 0. The van der Waals surface area contributed by atoms with Crippen molar-refractivity contribution in [3.63, 3.8) is 0 Å². The van der Waals surface area contributed by atoms with Crippen molar-refractivity contribution in [3.8, 4) is 0 Å². The van der Waals surface area contributed by atoms with Gasteiger partial charge in [-0.15, -0.1) is 0 Å². The topological polar surface area (TPSA) is 32.7 Å². The molecule has 0 radical (unpaired) electrons. The second-order valence-electron chi connectivity index (χ2n) is 4.70. The third kappa shape index (κ3) is 1.41. The van der Waals surface area contributed by atoms with Gasteiger partial charge in [0.05, 0.1) is 6.04 Å². The van der Waals surface area contributed by atoms with Crippen LogP contribution in [0.5, 0.6) is 0 Å². The molecule has 3 aliphatic rings. The summed E-state index contributed by atoms with van der Waals surface area (Å²) in [5.41, 5.74) is 0. The molecule has 0 bridgehead atoms. The van der Waals surface area contributed by atoms with Crippen molar-refractivity contribution in [1.82, 2.24) is 4.90 Å². The number of fused-ring (bicyclic) bond motifs is 3. The number of allylic oxidation sites excluding steroid dienone is 1. The monoisotopic (exact) mass is 204 g/mol. The molecule has 2 aliphatic heterocycles. The summed E-state index contributed by atoms with van der Waals surface area (Å²) in [7, 11) is 0. The first-order chi connectivity index (χ1) is 7.36. The highest BCUT2D eigenvalue weighted by atomic mass is 16.2. The van der Waals surface area contributed by atoms with E-state index in [1.807, 2.05) is 11.1 Å². The van der Waals surface area contributed by atoms with Crippen LogP contribution in [-0.2, 0) is 4.79 Å². The fraction of sp³-hybridized carbons (Fsp3) is 0.667. The van der Waals surface area contributed by atoms with Gasteiger partial charge >= 0.3 is 0 Å². The molecule has 80 valence electrons. The Hall–Kier alpha value is -1.12. The number of carbonyl (C=O) groups is 1. The van der Waals surface area contributed by atoms with Crippen molar-refractivity contribution in [2.45, 2.75) is 25.3 Å². The zero-order valence-electron chi connectivity index (χ0n) is 8.80. The Bertz CT molecular complexity index is 335. The number of aliphatic imine (C=N–C) groups is 1. The first-order valence-electron chi connectivity index (χ1n) is 5.82. The molecule has 1 amide bonds. The lowest BCUT2D eigenvalue weighted by molar-refractivity contribution is -0.134. The van der Waals surface area contributed by atoms with E-state index >= 15 is 0 Å². The standard InChI is InChI=1S/C12H16N2O/c15-12-8-13-7-11-10-4-2-1-3-9(10)5-6-14(11)12/h2,4,7,9-11H,1,3,5-6,8H2. The Morgan fingerprint density at radius 1 is 1.40 bits per heavy atom. The summed E-state index contributed by atoms with van der Waals surface area (Å²) >= 11 is 0. The van der Waals surface area contributed by atoms with E-state index < -0.39 is 0 Å². The van der Waals surface area contributed by atoms with Gasteiger partial charge in [0.15, 0.2) is 0 Å². The summed E-state index contributed by atoms with van der Waals surface area (Å²) < 4.78 is 0. The minimum atomic E-state index is 0.208. The van der Waals surface area contributed by atoms with E-state index in [2.05, 4.69) is 17.1 Å². The highest BCUT2D eigenvalue weighted by Gasteiger charge is 2.39. The molecule has 3 unspecified atom stereocenters. The van der Waals surface area contributed by atoms with Crippen molar-refractivity contribution in [3.05, 3.63) is 12.2 Å². The van der Waals surface area contributed by atoms with Crippen molar-refractivity contribution in [2.75, 3.05) is 13.1 Å². The first kappa shape index (κ1) is 9.13. The molecule has 1 fully saturated rings. The maximum atomic E-state index is 11.7. The molecule has 3 nitrogen and oxygen atoms in total. The summed E-state index contributed by atoms with van der Waals surface area (Å²) in [6.45, 7) is 1.29. The highest BCUT2D eigenvalue weighted by Crippen LogP contribution is 2.36. The molecule has 0 aromatic heterocycles. The normalized spacial score (nSPS) is 38.8. The number of amides is 1. The van der Waals surface area contributed by atoms with E-state index in [1.54, 1.807) is 0 Å². The number of hydrogen-bond acceptors (Lipinski definition) is 2. The van der Waals surface area contributed by atoms with E-state index in [9.17, 15) is 4.79 Å².